The van der Waals surface area contributed by atoms with Gasteiger partial charge in [0.25, 0.3) is 0 Å². The third kappa shape index (κ3) is 12.9. The minimum Gasteiger partial charge on any atom is -0.465 e. The number of esters is 1. The molecule has 1 unspecified atom stereocenters. The third-order valence-electron chi connectivity index (χ3n) is 4.11. The summed E-state index contributed by atoms with van der Waals surface area (Å²) in [6, 6.07) is -0.141. The van der Waals surface area contributed by atoms with E-state index in [0.717, 1.165) is 6.42 Å². The highest BCUT2D eigenvalue weighted by molar-refractivity contribution is 5.75. The summed E-state index contributed by atoms with van der Waals surface area (Å²) in [6.45, 7) is 4.72. The fourth-order valence-electron chi connectivity index (χ4n) is 2.27. The van der Waals surface area contributed by atoms with Gasteiger partial charge in [-0.15, -0.1) is 0 Å². The van der Waals surface area contributed by atoms with E-state index in [1.807, 2.05) is 25.9 Å². The van der Waals surface area contributed by atoms with E-state index in [-0.39, 0.29) is 12.0 Å². The van der Waals surface area contributed by atoms with Crippen molar-refractivity contribution < 1.29 is 9.53 Å². The lowest BCUT2D eigenvalue weighted by atomic mass is 10.1. The zero-order valence-electron chi connectivity index (χ0n) is 14.8. The average Bonchev–Trinajstić information content (AvgIpc) is 2.47. The molecule has 21 heavy (non-hydrogen) atoms. The molecule has 0 radical (unpaired) electrons. The van der Waals surface area contributed by atoms with Crippen LogP contribution in [-0.4, -0.2) is 37.6 Å². The number of likely N-dealkylation sites (N-methyl/N-ethyl adjacent to an activating group) is 1. The molecule has 0 aromatic rings. The molecule has 0 N–H and O–H groups in total. The van der Waals surface area contributed by atoms with Crippen LogP contribution in [-0.2, 0) is 9.53 Å². The summed E-state index contributed by atoms with van der Waals surface area (Å²) in [7, 11) is 3.79. The van der Waals surface area contributed by atoms with Crippen molar-refractivity contribution in [1.82, 2.24) is 4.90 Å². The largest absolute Gasteiger partial charge is 0.465 e. The van der Waals surface area contributed by atoms with Crippen LogP contribution in [0.25, 0.3) is 0 Å². The Morgan fingerprint density at radius 2 is 1.29 bits per heavy atom. The van der Waals surface area contributed by atoms with E-state index in [1.54, 1.807) is 0 Å². The smallest absolute Gasteiger partial charge is 0.323 e. The predicted molar refractivity (Wildman–Crippen MR) is 90.6 cm³/mol. The first-order chi connectivity index (χ1) is 10.1. The SMILES string of the molecule is CCCCCCCCCCCCCOC(=O)C(C)N(C)C. The fraction of sp³-hybridized carbons (Fsp3) is 0.944. The quantitative estimate of drug-likeness (QED) is 0.341. The van der Waals surface area contributed by atoms with Gasteiger partial charge in [-0.1, -0.05) is 71.1 Å². The van der Waals surface area contributed by atoms with Gasteiger partial charge in [0, 0.05) is 0 Å². The number of carbonyl (C=O) groups excluding carboxylic acids is 1. The van der Waals surface area contributed by atoms with Crippen LogP contribution in [0.5, 0.6) is 0 Å². The van der Waals surface area contributed by atoms with Gasteiger partial charge in [0.2, 0.25) is 0 Å². The molecule has 0 amide bonds. The summed E-state index contributed by atoms with van der Waals surface area (Å²) >= 11 is 0. The summed E-state index contributed by atoms with van der Waals surface area (Å²) in [5, 5.41) is 0. The Kier molecular flexibility index (Phi) is 14.0. The summed E-state index contributed by atoms with van der Waals surface area (Å²) in [6.07, 6.45) is 14.5. The topological polar surface area (TPSA) is 29.5 Å². The summed E-state index contributed by atoms with van der Waals surface area (Å²) in [5.41, 5.74) is 0. The van der Waals surface area contributed by atoms with Crippen LogP contribution in [0.3, 0.4) is 0 Å². The summed E-state index contributed by atoms with van der Waals surface area (Å²) < 4.78 is 5.27. The standard InChI is InChI=1S/C18H37NO2/c1-5-6-7-8-9-10-11-12-13-14-15-16-21-18(20)17(2)19(3)4/h17H,5-16H2,1-4H3. The van der Waals surface area contributed by atoms with E-state index in [9.17, 15) is 4.79 Å². The maximum Gasteiger partial charge on any atom is 0.323 e. The highest BCUT2D eigenvalue weighted by Crippen LogP contribution is 2.11. The highest BCUT2D eigenvalue weighted by atomic mass is 16.5. The second-order valence-corrected chi connectivity index (χ2v) is 6.34. The van der Waals surface area contributed by atoms with Gasteiger partial charge in [0.15, 0.2) is 0 Å². The van der Waals surface area contributed by atoms with Crippen LogP contribution >= 0.6 is 0 Å². The van der Waals surface area contributed by atoms with Gasteiger partial charge in [-0.25, -0.2) is 0 Å². The second kappa shape index (κ2) is 14.4. The molecule has 0 aliphatic rings. The molecule has 0 aromatic carbocycles. The molecule has 0 rings (SSSR count). The number of ether oxygens (including phenoxy) is 1. The van der Waals surface area contributed by atoms with Gasteiger partial charge < -0.3 is 4.74 Å². The Balaban J connectivity index is 3.21. The average molecular weight is 299 g/mol. The lowest BCUT2D eigenvalue weighted by Gasteiger charge is -2.17. The van der Waals surface area contributed by atoms with Gasteiger partial charge in [-0.3, -0.25) is 9.69 Å². The van der Waals surface area contributed by atoms with Crippen molar-refractivity contribution in [3.63, 3.8) is 0 Å². The molecule has 3 heteroatoms. The van der Waals surface area contributed by atoms with Crippen molar-refractivity contribution in [1.29, 1.82) is 0 Å². The van der Waals surface area contributed by atoms with Crippen molar-refractivity contribution in [2.45, 2.75) is 90.5 Å². The van der Waals surface area contributed by atoms with E-state index >= 15 is 0 Å². The number of carbonyl (C=O) groups is 1. The first-order valence-corrected chi connectivity index (χ1v) is 8.92. The molecule has 3 nitrogen and oxygen atoms in total. The van der Waals surface area contributed by atoms with Crippen LogP contribution in [0.15, 0.2) is 0 Å². The number of rotatable bonds is 14. The number of unbranched alkanes of at least 4 members (excludes halogenated alkanes) is 10. The number of hydrogen-bond donors (Lipinski definition) is 0. The molecule has 126 valence electrons. The molecule has 0 heterocycles. The molecule has 0 aliphatic carbocycles. The monoisotopic (exact) mass is 299 g/mol. The van der Waals surface area contributed by atoms with E-state index in [0.29, 0.717) is 6.61 Å². The zero-order chi connectivity index (χ0) is 15.9. The van der Waals surface area contributed by atoms with Gasteiger partial charge >= 0.3 is 5.97 Å². The van der Waals surface area contributed by atoms with Crippen molar-refractivity contribution in [2.75, 3.05) is 20.7 Å². The van der Waals surface area contributed by atoms with Crippen molar-refractivity contribution in [3.05, 3.63) is 0 Å². The normalized spacial score (nSPS) is 12.6. The van der Waals surface area contributed by atoms with E-state index in [1.165, 1.54) is 64.2 Å². The maximum atomic E-state index is 11.6. The second-order valence-electron chi connectivity index (χ2n) is 6.34. The lowest BCUT2D eigenvalue weighted by Crippen LogP contribution is -2.34. The Morgan fingerprint density at radius 3 is 1.71 bits per heavy atom. The number of nitrogens with zero attached hydrogens (tertiary/aromatic N) is 1. The van der Waals surface area contributed by atoms with Crippen LogP contribution in [0.4, 0.5) is 0 Å². The summed E-state index contributed by atoms with van der Waals surface area (Å²) in [4.78, 5) is 13.5. The first kappa shape index (κ1) is 20.4. The molecule has 0 spiro atoms. The van der Waals surface area contributed by atoms with Crippen LogP contribution in [0.2, 0.25) is 0 Å². The minimum absolute atomic E-state index is 0.105. The molecule has 0 aromatic heterocycles. The molecule has 0 aliphatic heterocycles. The van der Waals surface area contributed by atoms with E-state index in [4.69, 9.17) is 4.74 Å². The summed E-state index contributed by atoms with van der Waals surface area (Å²) in [5.74, 6) is -0.105. The first-order valence-electron chi connectivity index (χ1n) is 8.92. The Bertz CT molecular complexity index is 241. The lowest BCUT2D eigenvalue weighted by molar-refractivity contribution is -0.148. The van der Waals surface area contributed by atoms with Gasteiger partial charge in [-0.2, -0.15) is 0 Å². The molecular formula is C18H37NO2. The third-order valence-corrected chi connectivity index (χ3v) is 4.11. The van der Waals surface area contributed by atoms with Crippen LogP contribution in [0, 0.1) is 0 Å². The van der Waals surface area contributed by atoms with Gasteiger partial charge in [0.05, 0.1) is 6.61 Å². The maximum absolute atomic E-state index is 11.6. The number of hydrogen-bond acceptors (Lipinski definition) is 3. The Morgan fingerprint density at radius 1 is 0.857 bits per heavy atom. The van der Waals surface area contributed by atoms with E-state index in [2.05, 4.69) is 6.92 Å². The molecule has 1 atom stereocenters. The Labute approximate surface area is 132 Å². The fourth-order valence-corrected chi connectivity index (χ4v) is 2.27. The van der Waals surface area contributed by atoms with Crippen LogP contribution < -0.4 is 0 Å². The Hall–Kier alpha value is -0.570. The molecule has 0 saturated heterocycles. The zero-order valence-corrected chi connectivity index (χ0v) is 14.8. The molecule has 0 saturated carbocycles. The van der Waals surface area contributed by atoms with Crippen molar-refractivity contribution >= 4 is 5.97 Å². The van der Waals surface area contributed by atoms with Gasteiger partial charge in [-0.05, 0) is 27.4 Å². The van der Waals surface area contributed by atoms with Crippen LogP contribution in [0.1, 0.15) is 84.5 Å². The molecule has 0 fully saturated rings. The minimum atomic E-state index is -0.141. The van der Waals surface area contributed by atoms with Gasteiger partial charge in [0.1, 0.15) is 6.04 Å². The van der Waals surface area contributed by atoms with E-state index < -0.39 is 0 Å². The molecular weight excluding hydrogens is 262 g/mol. The highest BCUT2D eigenvalue weighted by Gasteiger charge is 2.15. The predicted octanol–water partition coefficient (Wildman–Crippen LogP) is 4.79. The van der Waals surface area contributed by atoms with Crippen molar-refractivity contribution in [3.8, 4) is 0 Å². The van der Waals surface area contributed by atoms with Crippen molar-refractivity contribution in [2.24, 2.45) is 0 Å². The molecule has 0 bridgehead atoms.